The summed E-state index contributed by atoms with van der Waals surface area (Å²) in [6, 6.07) is 12.8. The largest absolute Gasteiger partial charge is 0.321 e. The second kappa shape index (κ2) is 7.56. The summed E-state index contributed by atoms with van der Waals surface area (Å²) in [4.78, 5) is 31.2. The smallest absolute Gasteiger partial charge is 0.261 e. The molecule has 1 amide bonds. The first-order chi connectivity index (χ1) is 13.2. The number of nitrogens with zero attached hydrogens (tertiary/aromatic N) is 2. The Labute approximate surface area is 161 Å². The van der Waals surface area contributed by atoms with Gasteiger partial charge in [-0.3, -0.25) is 14.2 Å². The highest BCUT2D eigenvalue weighted by Crippen LogP contribution is 2.25. The molecular weight excluding hydrogens is 358 g/mol. The van der Waals surface area contributed by atoms with Gasteiger partial charge >= 0.3 is 0 Å². The summed E-state index contributed by atoms with van der Waals surface area (Å²) < 4.78 is 1.80. The molecule has 0 aliphatic carbocycles. The second-order valence-electron chi connectivity index (χ2n) is 6.68. The van der Waals surface area contributed by atoms with Gasteiger partial charge in [0.1, 0.15) is 5.82 Å². The van der Waals surface area contributed by atoms with Crippen molar-refractivity contribution in [2.45, 2.75) is 37.1 Å². The fourth-order valence-electron chi connectivity index (χ4n) is 3.50. The van der Waals surface area contributed by atoms with Crippen LogP contribution in [0, 0.1) is 0 Å². The van der Waals surface area contributed by atoms with Gasteiger partial charge in [-0.05, 0) is 49.4 Å². The average molecular weight is 379 g/mol. The number of carbonyl (C=O) groups is 1. The Morgan fingerprint density at radius 3 is 2.85 bits per heavy atom. The predicted octanol–water partition coefficient (Wildman–Crippen LogP) is 4.10. The first-order valence-corrected chi connectivity index (χ1v) is 10.4. The number of thioether (sulfide) groups is 1. The molecular formula is C21H21N3O2S. The first-order valence-electron chi connectivity index (χ1n) is 9.15. The van der Waals surface area contributed by atoms with Gasteiger partial charge in [0.05, 0.1) is 16.6 Å². The lowest BCUT2D eigenvalue weighted by Gasteiger charge is -2.12. The van der Waals surface area contributed by atoms with Gasteiger partial charge in [-0.25, -0.2) is 4.98 Å². The van der Waals surface area contributed by atoms with Crippen LogP contribution in [0.2, 0.25) is 0 Å². The lowest BCUT2D eigenvalue weighted by atomic mass is 10.1. The maximum atomic E-state index is 12.8. The summed E-state index contributed by atoms with van der Waals surface area (Å²) >= 11 is 1.58. The monoisotopic (exact) mass is 379 g/mol. The van der Waals surface area contributed by atoms with E-state index in [1.807, 2.05) is 30.5 Å². The topological polar surface area (TPSA) is 64.0 Å². The number of nitrogens with one attached hydrogen (secondary N) is 1. The third kappa shape index (κ3) is 3.49. The van der Waals surface area contributed by atoms with E-state index < -0.39 is 0 Å². The Morgan fingerprint density at radius 2 is 2.00 bits per heavy atom. The van der Waals surface area contributed by atoms with Gasteiger partial charge in [0.15, 0.2) is 0 Å². The minimum Gasteiger partial charge on any atom is -0.321 e. The minimum absolute atomic E-state index is 0.00316. The Hall–Kier alpha value is -2.60. The Morgan fingerprint density at radius 1 is 1.15 bits per heavy atom. The van der Waals surface area contributed by atoms with Crippen LogP contribution >= 0.6 is 11.8 Å². The maximum absolute atomic E-state index is 12.8. The molecule has 0 spiro atoms. The third-order valence-electron chi connectivity index (χ3n) is 4.93. The molecule has 4 rings (SSSR count). The second-order valence-corrected chi connectivity index (χ2v) is 7.53. The summed E-state index contributed by atoms with van der Waals surface area (Å²) in [5.74, 6) is 0.630. The fourth-order valence-corrected chi connectivity index (χ4v) is 4.06. The maximum Gasteiger partial charge on any atom is 0.261 e. The normalized spacial score (nSPS) is 13.8. The Balaban J connectivity index is 1.71. The highest BCUT2D eigenvalue weighted by Gasteiger charge is 2.16. The molecule has 0 bridgehead atoms. The summed E-state index contributed by atoms with van der Waals surface area (Å²) in [5.41, 5.74) is 1.88. The van der Waals surface area contributed by atoms with Crippen LogP contribution in [-0.2, 0) is 13.0 Å². The molecule has 0 radical (unpaired) electrons. The van der Waals surface area contributed by atoms with Crippen molar-refractivity contribution in [3.8, 4) is 0 Å². The number of hydrogen-bond donors (Lipinski definition) is 1. The lowest BCUT2D eigenvalue weighted by molar-refractivity contribution is 0.102. The van der Waals surface area contributed by atoms with E-state index in [4.69, 9.17) is 4.98 Å². The van der Waals surface area contributed by atoms with Crippen molar-refractivity contribution in [3.63, 3.8) is 0 Å². The van der Waals surface area contributed by atoms with Crippen LogP contribution in [0.3, 0.4) is 0 Å². The quantitative estimate of drug-likeness (QED) is 0.696. The lowest BCUT2D eigenvalue weighted by Crippen LogP contribution is -2.24. The zero-order chi connectivity index (χ0) is 18.8. The number of amides is 1. The number of aryl methyl sites for hydroxylation is 1. The van der Waals surface area contributed by atoms with Gasteiger partial charge in [-0.2, -0.15) is 0 Å². The summed E-state index contributed by atoms with van der Waals surface area (Å²) in [6.45, 7) is 0.727. The van der Waals surface area contributed by atoms with Gasteiger partial charge in [-0.1, -0.05) is 18.6 Å². The number of fused-ring (bicyclic) bond motifs is 2. The number of benzene rings is 2. The molecule has 0 saturated heterocycles. The van der Waals surface area contributed by atoms with E-state index in [2.05, 4.69) is 5.32 Å². The zero-order valence-corrected chi connectivity index (χ0v) is 16.0. The third-order valence-corrected chi connectivity index (χ3v) is 5.73. The number of para-hydroxylation sites is 1. The van der Waals surface area contributed by atoms with E-state index in [0.29, 0.717) is 16.5 Å². The highest BCUT2D eigenvalue weighted by atomic mass is 32.2. The standard InChI is InChI=1S/C21H21N3O2S/c1-27-18-8-5-4-7-16(18)23-20(25)14-10-11-15-17(13-14)22-19-9-3-2-6-12-24(19)21(15)26/h4-5,7-8,10-11,13H,2-3,6,9,12H2,1H3,(H,23,25). The fraction of sp³-hybridized carbons (Fsp3) is 0.286. The van der Waals surface area contributed by atoms with E-state index in [1.165, 1.54) is 0 Å². The van der Waals surface area contributed by atoms with Crippen molar-refractivity contribution in [1.82, 2.24) is 9.55 Å². The molecule has 27 heavy (non-hydrogen) atoms. The van der Waals surface area contributed by atoms with Crippen molar-refractivity contribution in [3.05, 3.63) is 64.2 Å². The van der Waals surface area contributed by atoms with Gasteiger partial charge < -0.3 is 5.32 Å². The van der Waals surface area contributed by atoms with E-state index in [0.717, 1.165) is 48.6 Å². The van der Waals surface area contributed by atoms with Crippen molar-refractivity contribution in [2.24, 2.45) is 0 Å². The minimum atomic E-state index is -0.199. The molecule has 2 heterocycles. The summed E-state index contributed by atoms with van der Waals surface area (Å²) in [6.07, 6.45) is 5.95. The number of carbonyl (C=O) groups excluding carboxylic acids is 1. The molecule has 0 atom stereocenters. The Bertz CT molecular complexity index is 1070. The van der Waals surface area contributed by atoms with E-state index >= 15 is 0 Å². The van der Waals surface area contributed by atoms with Crippen molar-refractivity contribution >= 4 is 34.3 Å². The molecule has 1 aliphatic rings. The van der Waals surface area contributed by atoms with Crippen molar-refractivity contribution < 1.29 is 4.79 Å². The molecule has 0 saturated carbocycles. The number of rotatable bonds is 3. The van der Waals surface area contributed by atoms with Crippen LogP contribution in [0.1, 0.15) is 35.4 Å². The van der Waals surface area contributed by atoms with Crippen LogP contribution in [0.4, 0.5) is 5.69 Å². The number of anilines is 1. The molecule has 1 aromatic heterocycles. The van der Waals surface area contributed by atoms with Crippen LogP contribution in [0.25, 0.3) is 10.9 Å². The van der Waals surface area contributed by atoms with Crippen LogP contribution in [-0.4, -0.2) is 21.7 Å². The number of hydrogen-bond acceptors (Lipinski definition) is 4. The van der Waals surface area contributed by atoms with Gasteiger partial charge in [0.25, 0.3) is 11.5 Å². The molecule has 5 nitrogen and oxygen atoms in total. The molecule has 3 aromatic rings. The van der Waals surface area contributed by atoms with E-state index in [-0.39, 0.29) is 11.5 Å². The predicted molar refractivity (Wildman–Crippen MR) is 110 cm³/mol. The SMILES string of the molecule is CSc1ccccc1NC(=O)c1ccc2c(=O)n3c(nc2c1)CCCCC3. The van der Waals surface area contributed by atoms with Gasteiger partial charge in [0, 0.05) is 23.4 Å². The summed E-state index contributed by atoms with van der Waals surface area (Å²) in [5, 5.41) is 3.53. The molecule has 1 N–H and O–H groups in total. The van der Waals surface area contributed by atoms with E-state index in [9.17, 15) is 9.59 Å². The van der Waals surface area contributed by atoms with E-state index in [1.54, 1.807) is 34.5 Å². The molecule has 0 fully saturated rings. The van der Waals surface area contributed by atoms with Gasteiger partial charge in [-0.15, -0.1) is 11.8 Å². The van der Waals surface area contributed by atoms with Gasteiger partial charge in [0.2, 0.25) is 0 Å². The molecule has 0 unspecified atom stereocenters. The Kier molecular flexibility index (Phi) is 4.99. The molecule has 2 aromatic carbocycles. The highest BCUT2D eigenvalue weighted by molar-refractivity contribution is 7.98. The van der Waals surface area contributed by atoms with Crippen LogP contribution in [0.5, 0.6) is 0 Å². The first kappa shape index (κ1) is 17.8. The van der Waals surface area contributed by atoms with Crippen LogP contribution < -0.4 is 10.9 Å². The number of aromatic nitrogens is 2. The zero-order valence-electron chi connectivity index (χ0n) is 15.2. The summed E-state index contributed by atoms with van der Waals surface area (Å²) in [7, 11) is 0. The van der Waals surface area contributed by atoms with Crippen molar-refractivity contribution in [1.29, 1.82) is 0 Å². The molecule has 1 aliphatic heterocycles. The molecule has 6 heteroatoms. The average Bonchev–Trinajstić information content (AvgIpc) is 2.94. The van der Waals surface area contributed by atoms with Crippen LogP contribution in [0.15, 0.2) is 52.2 Å². The van der Waals surface area contributed by atoms with Crippen molar-refractivity contribution in [2.75, 3.05) is 11.6 Å². The molecule has 138 valence electrons.